The maximum Gasteiger partial charge on any atom is 0.301 e. The first-order valence-corrected chi connectivity index (χ1v) is 7.06. The van der Waals surface area contributed by atoms with Gasteiger partial charge in [0.2, 0.25) is 5.92 Å². The van der Waals surface area contributed by atoms with Crippen molar-refractivity contribution in [3.05, 3.63) is 0 Å². The second-order valence-electron chi connectivity index (χ2n) is 6.85. The summed E-state index contributed by atoms with van der Waals surface area (Å²) in [5.41, 5.74) is 5.19. The Hall–Kier alpha value is -0.195. The Balaban J connectivity index is 4.95. The molecular weight excluding hydrogens is 263 g/mol. The van der Waals surface area contributed by atoms with E-state index in [0.717, 1.165) is 6.92 Å². The summed E-state index contributed by atoms with van der Waals surface area (Å²) in [6.07, 6.45) is -0.945. The minimum absolute atomic E-state index is 0.264. The predicted octanol–water partition coefficient (Wildman–Crippen LogP) is 2.99. The molecule has 3 nitrogen and oxygen atoms in total. The molecule has 0 aromatic rings. The number of rotatable bonds is 8. The summed E-state index contributed by atoms with van der Waals surface area (Å²) in [4.78, 5) is 0. The highest BCUT2D eigenvalue weighted by Crippen LogP contribution is 2.43. The number of nitrogens with two attached hydrogens (primary N) is 1. The highest BCUT2D eigenvalue weighted by Gasteiger charge is 2.42. The van der Waals surface area contributed by atoms with Crippen molar-refractivity contribution in [1.29, 1.82) is 0 Å². The number of hydrogen-bond donors (Lipinski definition) is 2. The van der Waals surface area contributed by atoms with Crippen molar-refractivity contribution in [2.45, 2.75) is 83.9 Å². The lowest BCUT2D eigenvalue weighted by atomic mass is 9.53. The van der Waals surface area contributed by atoms with Gasteiger partial charge in [0, 0.05) is 12.5 Å². The fourth-order valence-electron chi connectivity index (χ4n) is 1.81. The highest BCUT2D eigenvalue weighted by molar-refractivity contribution is 6.33. The molecule has 0 unspecified atom stereocenters. The molecule has 3 N–H and O–H groups in total. The third-order valence-electron chi connectivity index (χ3n) is 4.33. The van der Waals surface area contributed by atoms with Gasteiger partial charge in [0.15, 0.2) is 0 Å². The molecule has 0 saturated carbocycles. The van der Waals surface area contributed by atoms with Gasteiger partial charge in [-0.05, 0) is 38.9 Å². The molecule has 119 valence electrons. The fraction of sp³-hybridized carbons (Fsp3) is 1.00. The first-order chi connectivity index (χ1) is 8.72. The molecule has 4 atom stereocenters. The van der Waals surface area contributed by atoms with Crippen LogP contribution in [-0.2, 0) is 4.65 Å². The lowest BCUT2D eigenvalue weighted by molar-refractivity contribution is -0.0269. The van der Waals surface area contributed by atoms with Crippen LogP contribution < -0.4 is 5.73 Å². The minimum atomic E-state index is -2.75. The summed E-state index contributed by atoms with van der Waals surface area (Å²) >= 11 is 0. The number of hydrogen-bond acceptors (Lipinski definition) is 3. The van der Waals surface area contributed by atoms with Crippen LogP contribution in [0.2, 0.25) is 5.31 Å². The van der Waals surface area contributed by atoms with E-state index in [1.54, 1.807) is 34.6 Å². The van der Waals surface area contributed by atoms with Crippen LogP contribution in [0, 0.1) is 5.92 Å². The molecule has 0 aliphatic heterocycles. The molecule has 0 spiro atoms. The Bertz CT molecular complexity index is 306. The van der Waals surface area contributed by atoms with Crippen LogP contribution >= 0.6 is 0 Å². The lowest BCUT2D eigenvalue weighted by Gasteiger charge is -2.41. The van der Waals surface area contributed by atoms with E-state index < -0.39 is 22.9 Å². The third kappa shape index (κ3) is 5.66. The maximum atomic E-state index is 13.2. The van der Waals surface area contributed by atoms with E-state index >= 15 is 0 Å². The molecule has 0 aliphatic rings. The van der Waals surface area contributed by atoms with E-state index in [1.807, 2.05) is 6.92 Å². The van der Waals surface area contributed by atoms with Gasteiger partial charge in [-0.1, -0.05) is 20.8 Å². The second-order valence-corrected chi connectivity index (χ2v) is 6.85. The van der Waals surface area contributed by atoms with E-state index in [0.29, 0.717) is 0 Å². The summed E-state index contributed by atoms with van der Waals surface area (Å²) in [6.45, 7) is 11.4. The standard InChI is InChI=1S/C14H29BF2NO2/c1-9(8-13(6,16)17)14(7,10(2)18)15-20-12(4,5)11(3)19/h9-11,19H,8,18H2,1-7H3/t9-,10+,11+,14+/m0/s1. The zero-order valence-corrected chi connectivity index (χ0v) is 13.7. The smallest absolute Gasteiger partial charge is 0.301 e. The zero-order chi connectivity index (χ0) is 16.4. The molecule has 6 heteroatoms. The largest absolute Gasteiger partial charge is 0.433 e. The van der Waals surface area contributed by atoms with Crippen molar-refractivity contribution < 1.29 is 18.5 Å². The second kappa shape index (κ2) is 6.71. The molecule has 0 bridgehead atoms. The molecule has 0 aliphatic carbocycles. The first kappa shape index (κ1) is 19.8. The van der Waals surface area contributed by atoms with Crippen molar-refractivity contribution in [2.75, 3.05) is 0 Å². The van der Waals surface area contributed by atoms with E-state index in [1.165, 1.54) is 7.48 Å². The van der Waals surface area contributed by atoms with E-state index in [9.17, 15) is 13.9 Å². The van der Waals surface area contributed by atoms with Gasteiger partial charge in [-0.2, -0.15) is 0 Å². The van der Waals surface area contributed by atoms with Gasteiger partial charge in [-0.15, -0.1) is 0 Å². The van der Waals surface area contributed by atoms with Gasteiger partial charge in [0.25, 0.3) is 0 Å². The van der Waals surface area contributed by atoms with Crippen molar-refractivity contribution in [3.8, 4) is 0 Å². The Morgan fingerprint density at radius 2 is 1.60 bits per heavy atom. The molecule has 0 aromatic carbocycles. The van der Waals surface area contributed by atoms with Gasteiger partial charge in [0.1, 0.15) is 0 Å². The van der Waals surface area contributed by atoms with Crippen LogP contribution in [0.1, 0.15) is 54.9 Å². The maximum absolute atomic E-state index is 13.2. The van der Waals surface area contributed by atoms with Gasteiger partial charge in [0.05, 0.1) is 11.7 Å². The zero-order valence-electron chi connectivity index (χ0n) is 13.7. The SMILES string of the molecule is C[C@@H](O)C(C)(C)O[B][C@@](C)([C@@H](C)N)[C@@H](C)CC(C)(F)F. The molecular formula is C14H29BF2NO2. The van der Waals surface area contributed by atoms with Crippen LogP contribution in [0.3, 0.4) is 0 Å². The highest BCUT2D eigenvalue weighted by atomic mass is 19.3. The lowest BCUT2D eigenvalue weighted by Crippen LogP contribution is -2.47. The van der Waals surface area contributed by atoms with E-state index in [-0.39, 0.29) is 18.4 Å². The average Bonchev–Trinajstić information content (AvgIpc) is 2.22. The van der Waals surface area contributed by atoms with Crippen molar-refractivity contribution in [2.24, 2.45) is 11.7 Å². The number of alkyl halides is 2. The van der Waals surface area contributed by atoms with Crippen LogP contribution in [0.15, 0.2) is 0 Å². The summed E-state index contributed by atoms with van der Waals surface area (Å²) in [5, 5.41) is 8.94. The van der Waals surface area contributed by atoms with Crippen LogP contribution in [-0.4, -0.2) is 36.3 Å². The van der Waals surface area contributed by atoms with Crippen LogP contribution in [0.5, 0.6) is 0 Å². The molecule has 1 radical (unpaired) electrons. The molecule has 0 saturated heterocycles. The first-order valence-electron chi connectivity index (χ1n) is 7.06. The summed E-state index contributed by atoms with van der Waals surface area (Å²) in [7, 11) is 1.53. The van der Waals surface area contributed by atoms with Gasteiger partial charge >= 0.3 is 7.48 Å². The van der Waals surface area contributed by atoms with Gasteiger partial charge in [-0.3, -0.25) is 0 Å². The Kier molecular flexibility index (Phi) is 6.65. The molecule has 0 fully saturated rings. The number of halogens is 2. The van der Waals surface area contributed by atoms with Gasteiger partial charge < -0.3 is 15.5 Å². The normalized spacial score (nSPS) is 20.9. The molecule has 20 heavy (non-hydrogen) atoms. The molecule has 0 heterocycles. The fourth-order valence-corrected chi connectivity index (χ4v) is 1.81. The molecule has 0 rings (SSSR count). The minimum Gasteiger partial charge on any atom is -0.433 e. The Morgan fingerprint density at radius 3 is 1.90 bits per heavy atom. The van der Waals surface area contributed by atoms with Crippen molar-refractivity contribution in [1.82, 2.24) is 0 Å². The molecule has 0 aromatic heterocycles. The van der Waals surface area contributed by atoms with Crippen LogP contribution in [0.25, 0.3) is 0 Å². The van der Waals surface area contributed by atoms with E-state index in [4.69, 9.17) is 10.4 Å². The number of aliphatic hydroxyl groups excluding tert-OH is 1. The van der Waals surface area contributed by atoms with Crippen molar-refractivity contribution >= 4 is 7.48 Å². The van der Waals surface area contributed by atoms with Gasteiger partial charge in [-0.25, -0.2) is 8.78 Å². The summed E-state index contributed by atoms with van der Waals surface area (Å²) in [5.74, 6) is -3.10. The number of aliphatic hydroxyl groups is 1. The van der Waals surface area contributed by atoms with Crippen molar-refractivity contribution in [3.63, 3.8) is 0 Å². The Labute approximate surface area is 122 Å². The summed E-state index contributed by atoms with van der Waals surface area (Å²) in [6, 6.07) is -0.343. The molecule has 0 amide bonds. The van der Waals surface area contributed by atoms with Crippen LogP contribution in [0.4, 0.5) is 8.78 Å². The quantitative estimate of drug-likeness (QED) is 0.676. The monoisotopic (exact) mass is 292 g/mol. The predicted molar refractivity (Wildman–Crippen MR) is 79.0 cm³/mol. The van der Waals surface area contributed by atoms with E-state index in [2.05, 4.69) is 0 Å². The Morgan fingerprint density at radius 1 is 1.15 bits per heavy atom. The average molecular weight is 292 g/mol. The summed E-state index contributed by atoms with van der Waals surface area (Å²) < 4.78 is 32.1. The third-order valence-corrected chi connectivity index (χ3v) is 4.33. The topological polar surface area (TPSA) is 55.5 Å².